The maximum Gasteiger partial charge on any atom is 0.297 e. The van der Waals surface area contributed by atoms with Crippen LogP contribution >= 0.6 is 0 Å². The summed E-state index contributed by atoms with van der Waals surface area (Å²) in [6.07, 6.45) is 12.8. The molecule has 1 fully saturated rings. The molecule has 0 N–H and O–H groups in total. The number of nitrogens with zero attached hydrogens (tertiary/aromatic N) is 3. The van der Waals surface area contributed by atoms with Gasteiger partial charge in [-0.15, -0.1) is 0 Å². The second kappa shape index (κ2) is 17.3. The molecule has 4 aliphatic heterocycles. The van der Waals surface area contributed by atoms with E-state index in [1.165, 1.54) is 156 Å². The minimum absolute atomic E-state index is 0.000813. The van der Waals surface area contributed by atoms with Crippen molar-refractivity contribution in [3.05, 3.63) is 163 Å². The van der Waals surface area contributed by atoms with Gasteiger partial charge in [0.25, 0.3) is 6.71 Å². The van der Waals surface area contributed by atoms with E-state index in [9.17, 15) is 0 Å². The molecule has 472 valence electrons. The van der Waals surface area contributed by atoms with Crippen LogP contribution in [0.3, 0.4) is 0 Å². The number of fused-ring (bicyclic) bond motifs is 20. The summed E-state index contributed by atoms with van der Waals surface area (Å²) >= 11 is 0. The molecule has 91 heavy (non-hydrogen) atoms. The molecule has 0 radical (unpaired) electrons. The van der Waals surface area contributed by atoms with Gasteiger partial charge in [0.05, 0.1) is 16.9 Å². The highest BCUT2D eigenvalue weighted by atomic mass is 16.3. The van der Waals surface area contributed by atoms with E-state index in [-0.39, 0.29) is 66.4 Å². The van der Waals surface area contributed by atoms with Crippen molar-refractivity contribution in [2.24, 2.45) is 5.92 Å². The first-order valence-corrected chi connectivity index (χ1v) is 35.9. The lowest BCUT2D eigenvalue weighted by atomic mass is 9.34. The van der Waals surface area contributed by atoms with Gasteiger partial charge in [0.15, 0.2) is 0 Å². The van der Waals surface area contributed by atoms with E-state index in [1.807, 2.05) is 0 Å². The highest BCUT2D eigenvalue weighted by Crippen LogP contribution is 2.68. The predicted octanol–water partition coefficient (Wildman–Crippen LogP) is 21.9. The number of furan rings is 1. The Balaban J connectivity index is 1.07. The fourth-order valence-corrected chi connectivity index (χ4v) is 21.7. The van der Waals surface area contributed by atoms with Crippen LogP contribution in [0.4, 0.5) is 39.8 Å². The molecule has 0 amide bonds. The van der Waals surface area contributed by atoms with E-state index in [0.717, 1.165) is 43.3 Å². The highest BCUT2D eigenvalue weighted by Gasteiger charge is 2.64. The molecule has 4 nitrogen and oxygen atoms in total. The van der Waals surface area contributed by atoms with Crippen molar-refractivity contribution in [2.45, 2.75) is 288 Å². The molecule has 10 aliphatic rings. The summed E-state index contributed by atoms with van der Waals surface area (Å²) in [4.78, 5) is 8.64. The Morgan fingerprint density at radius 3 is 1.55 bits per heavy atom. The maximum absolute atomic E-state index is 8.16. The summed E-state index contributed by atoms with van der Waals surface area (Å²) < 4.78 is 8.16. The maximum atomic E-state index is 8.16. The lowest BCUT2D eigenvalue weighted by molar-refractivity contribution is 0.0840. The normalized spacial score (nSPS) is 28.4. The van der Waals surface area contributed by atoms with E-state index in [4.69, 9.17) is 4.42 Å². The molecule has 6 aliphatic carbocycles. The zero-order valence-electron chi connectivity index (χ0n) is 59.8. The Morgan fingerprint density at radius 1 is 0.440 bits per heavy atom. The third kappa shape index (κ3) is 7.38. The largest absolute Gasteiger partial charge is 0.468 e. The Bertz CT molecular complexity index is 4480. The van der Waals surface area contributed by atoms with Crippen molar-refractivity contribution in [1.82, 2.24) is 0 Å². The van der Waals surface area contributed by atoms with Crippen LogP contribution in [-0.2, 0) is 59.6 Å². The molecule has 6 aromatic carbocycles. The van der Waals surface area contributed by atoms with E-state index in [2.05, 4.69) is 258 Å². The second-order valence-corrected chi connectivity index (χ2v) is 38.5. The molecule has 1 saturated carbocycles. The van der Waals surface area contributed by atoms with Gasteiger partial charge < -0.3 is 19.1 Å². The van der Waals surface area contributed by atoms with Crippen LogP contribution in [0.5, 0.6) is 0 Å². The summed E-state index contributed by atoms with van der Waals surface area (Å²) in [6, 6.07) is 39.6. The number of allylic oxidation sites excluding steroid dienone is 1. The Morgan fingerprint density at radius 2 is 0.945 bits per heavy atom. The summed E-state index contributed by atoms with van der Waals surface area (Å²) in [7, 11) is 0. The van der Waals surface area contributed by atoms with Gasteiger partial charge >= 0.3 is 0 Å². The Labute approximate surface area is 547 Å². The zero-order valence-corrected chi connectivity index (χ0v) is 59.8. The fraction of sp³-hybridized carbons (Fsp3) is 0.535. The molecule has 17 rings (SSSR count). The monoisotopic (exact) mass is 1210 g/mol. The first-order chi connectivity index (χ1) is 42.3. The van der Waals surface area contributed by atoms with Gasteiger partial charge in [-0.05, 0) is 264 Å². The number of rotatable bonds is 1. The van der Waals surface area contributed by atoms with Crippen LogP contribution in [0.25, 0.3) is 16.4 Å². The van der Waals surface area contributed by atoms with Crippen LogP contribution in [0, 0.1) is 5.92 Å². The molecule has 4 unspecified atom stereocenters. The number of anilines is 7. The van der Waals surface area contributed by atoms with Crippen LogP contribution < -0.4 is 25.8 Å². The SMILES string of the molecule is CC(C)(C)c1ccc2c(c1)C1(C)CCC3CC1(C)N2c1cc2c4c(c1)N(c1ccc5c(c1)C3(C)CCC5(C)C)c1c(oc3cc5c(cc13)C(C)(C)CCC5(C)C)B4C1=C(N2c2ccc3c(c2)C(C)(C)CCC3(C)C)C(C)(C)c2cc3c(cc21)C(C)(C)CCC3(C)C. The van der Waals surface area contributed by atoms with E-state index in [0.29, 0.717) is 5.92 Å². The molecular weight excluding hydrogens is 1100 g/mol. The fourth-order valence-electron chi connectivity index (χ4n) is 21.7. The average Bonchev–Trinajstić information content (AvgIpc) is 1.55. The minimum atomic E-state index is -0.395. The van der Waals surface area contributed by atoms with Crippen molar-refractivity contribution < 1.29 is 4.42 Å². The Hall–Kier alpha value is -5.94. The number of hydrogen-bond acceptors (Lipinski definition) is 4. The summed E-state index contributed by atoms with van der Waals surface area (Å²) in [6.45, 7) is 55.6. The smallest absolute Gasteiger partial charge is 0.297 e. The molecule has 5 heterocycles. The predicted molar refractivity (Wildman–Crippen MR) is 387 cm³/mol. The third-order valence-electron chi connectivity index (χ3n) is 28.5. The minimum Gasteiger partial charge on any atom is -0.468 e. The van der Waals surface area contributed by atoms with Gasteiger partial charge in [-0.3, -0.25) is 0 Å². The van der Waals surface area contributed by atoms with E-state index >= 15 is 0 Å². The van der Waals surface area contributed by atoms with E-state index < -0.39 is 5.41 Å². The zero-order chi connectivity index (χ0) is 64.4. The summed E-state index contributed by atoms with van der Waals surface area (Å²) in [5.41, 5.74) is 32.8. The third-order valence-corrected chi connectivity index (χ3v) is 28.5. The first-order valence-electron chi connectivity index (χ1n) is 35.9. The van der Waals surface area contributed by atoms with Gasteiger partial charge in [-0.2, -0.15) is 0 Å². The van der Waals surface area contributed by atoms with Crippen molar-refractivity contribution in [3.8, 4) is 0 Å². The van der Waals surface area contributed by atoms with E-state index in [1.54, 1.807) is 11.1 Å². The van der Waals surface area contributed by atoms with Crippen LogP contribution in [-0.4, -0.2) is 12.3 Å². The quantitative estimate of drug-likeness (QED) is 0.153. The van der Waals surface area contributed by atoms with Crippen molar-refractivity contribution in [2.75, 3.05) is 14.7 Å². The standard InChI is InChI=1S/C86H104BN3O/c1-75(2,3)49-23-28-66-65(39-49)85(21)30-29-50-48-86(85,22)90(66)53-42-67-71-68(43-53)89(52-25-26-56-59(40-52)78(8,9)32-31-76(56,4)5)73-70(54-44-60-62(46-58(54)83(73,18)19)81(14,15)35-33-79(60,10)11)87(71)74-72(55-45-61-63(47-69(55)91-74)82(16,17)36-34-80(61,12)13)88(67)51-24-27-57-64(41-51)84(50,20)38-37-77(57,6)7/h23-28,39-47,50H,29-38,48H2,1-22H3. The van der Waals surface area contributed by atoms with Crippen molar-refractivity contribution in [1.29, 1.82) is 0 Å². The molecular formula is C86H104BN3O. The van der Waals surface area contributed by atoms with Crippen LogP contribution in [0.1, 0.15) is 290 Å². The lowest BCUT2D eigenvalue weighted by Gasteiger charge is -2.58. The topological polar surface area (TPSA) is 22.9 Å². The summed E-state index contributed by atoms with van der Waals surface area (Å²) in [5.74, 6) is 0.477. The highest BCUT2D eigenvalue weighted by molar-refractivity contribution is 7.03. The molecule has 0 spiro atoms. The summed E-state index contributed by atoms with van der Waals surface area (Å²) in [5, 5.41) is 1.25. The van der Waals surface area contributed by atoms with Gasteiger partial charge in [0.1, 0.15) is 5.58 Å². The van der Waals surface area contributed by atoms with Crippen LogP contribution in [0.15, 0.2) is 101 Å². The van der Waals surface area contributed by atoms with Gasteiger partial charge in [0.2, 0.25) is 0 Å². The van der Waals surface area contributed by atoms with Gasteiger partial charge in [-0.1, -0.05) is 182 Å². The molecule has 7 aromatic rings. The first kappa shape index (κ1) is 58.9. The Kier molecular flexibility index (Phi) is 11.2. The van der Waals surface area contributed by atoms with Crippen LogP contribution in [0.2, 0.25) is 0 Å². The molecule has 6 bridgehead atoms. The molecule has 5 heteroatoms. The van der Waals surface area contributed by atoms with Crippen molar-refractivity contribution in [3.63, 3.8) is 0 Å². The molecule has 0 saturated heterocycles. The van der Waals surface area contributed by atoms with Gasteiger partial charge in [0, 0.05) is 56.0 Å². The molecule has 1 aromatic heterocycles. The molecule has 4 atom stereocenters. The lowest BCUT2D eigenvalue weighted by Crippen LogP contribution is -2.59. The second-order valence-electron chi connectivity index (χ2n) is 38.5. The number of benzene rings is 6. The number of hydrogen-bond donors (Lipinski definition) is 0. The van der Waals surface area contributed by atoms with Crippen molar-refractivity contribution >= 4 is 74.1 Å². The average molecular weight is 1210 g/mol. The van der Waals surface area contributed by atoms with Gasteiger partial charge in [-0.25, -0.2) is 0 Å².